The molecule has 7 nitrogen and oxygen atoms in total. The summed E-state index contributed by atoms with van der Waals surface area (Å²) in [4.78, 5) is 11.1. The van der Waals surface area contributed by atoms with E-state index in [0.717, 1.165) is 19.3 Å². The van der Waals surface area contributed by atoms with Crippen LogP contribution in [0, 0.1) is 0 Å². The number of amides is 1. The van der Waals surface area contributed by atoms with Gasteiger partial charge >= 0.3 is 5.22 Å². The Labute approximate surface area is 147 Å². The average Bonchev–Trinajstić information content (AvgIpc) is 3.08. The predicted molar refractivity (Wildman–Crippen MR) is 92.5 cm³/mol. The van der Waals surface area contributed by atoms with Gasteiger partial charge in [-0.1, -0.05) is 48.8 Å². The second kappa shape index (κ2) is 9.31. The summed E-state index contributed by atoms with van der Waals surface area (Å²) in [5.41, 5.74) is 0.677. The highest BCUT2D eigenvalue weighted by Gasteiger charge is 2.22. The summed E-state index contributed by atoms with van der Waals surface area (Å²) in [5, 5.41) is 9.97. The standard InChI is InChI=1S/C17H23N3O4S/c1-2-15(21)18-12-8-4-7-11-16-19-20-17(24-16)25(22,23)13-14-9-5-3-6-10-14/h3,5-6,9-10H,2,4,7-8,11-13H2,1H3,(H,18,21). The molecule has 0 aliphatic carbocycles. The zero-order valence-corrected chi connectivity index (χ0v) is 15.1. The highest BCUT2D eigenvalue weighted by Crippen LogP contribution is 2.16. The van der Waals surface area contributed by atoms with Crippen LogP contribution >= 0.6 is 0 Å². The highest BCUT2D eigenvalue weighted by atomic mass is 32.2. The fourth-order valence-corrected chi connectivity index (χ4v) is 3.39. The van der Waals surface area contributed by atoms with Gasteiger partial charge in [-0.25, -0.2) is 8.42 Å². The highest BCUT2D eigenvalue weighted by molar-refractivity contribution is 7.90. The molecule has 1 heterocycles. The van der Waals surface area contributed by atoms with Crippen LogP contribution in [0.2, 0.25) is 0 Å². The van der Waals surface area contributed by atoms with Gasteiger partial charge in [0.05, 0.1) is 5.75 Å². The van der Waals surface area contributed by atoms with Crippen LogP contribution in [0.1, 0.15) is 44.1 Å². The van der Waals surface area contributed by atoms with Crippen LogP contribution in [0.25, 0.3) is 0 Å². The van der Waals surface area contributed by atoms with Gasteiger partial charge in [0.15, 0.2) is 0 Å². The van der Waals surface area contributed by atoms with Crippen molar-refractivity contribution in [2.45, 2.75) is 50.0 Å². The predicted octanol–water partition coefficient (Wildman–Crippen LogP) is 2.28. The van der Waals surface area contributed by atoms with Crippen molar-refractivity contribution in [1.82, 2.24) is 15.5 Å². The smallest absolute Gasteiger partial charge is 0.335 e. The van der Waals surface area contributed by atoms with Gasteiger partial charge in [-0.2, -0.15) is 0 Å². The van der Waals surface area contributed by atoms with E-state index in [2.05, 4.69) is 15.5 Å². The Balaban J connectivity index is 1.78. The molecular weight excluding hydrogens is 342 g/mol. The number of rotatable bonds is 10. The van der Waals surface area contributed by atoms with E-state index >= 15 is 0 Å². The Morgan fingerprint density at radius 1 is 1.12 bits per heavy atom. The van der Waals surface area contributed by atoms with Crippen molar-refractivity contribution in [2.24, 2.45) is 0 Å². The number of nitrogens with zero attached hydrogens (tertiary/aromatic N) is 2. The molecule has 1 aromatic carbocycles. The molecule has 0 saturated heterocycles. The first kappa shape index (κ1) is 19.1. The summed E-state index contributed by atoms with van der Waals surface area (Å²) >= 11 is 0. The van der Waals surface area contributed by atoms with Crippen LogP contribution in [0.3, 0.4) is 0 Å². The Kier molecular flexibility index (Phi) is 7.12. The molecule has 0 aliphatic rings. The van der Waals surface area contributed by atoms with Crippen molar-refractivity contribution in [3.8, 4) is 0 Å². The first-order valence-electron chi connectivity index (χ1n) is 8.37. The van der Waals surface area contributed by atoms with Gasteiger partial charge in [-0.3, -0.25) is 4.79 Å². The van der Waals surface area contributed by atoms with E-state index in [4.69, 9.17) is 4.42 Å². The first-order valence-corrected chi connectivity index (χ1v) is 10.0. The quantitative estimate of drug-likeness (QED) is 0.648. The van der Waals surface area contributed by atoms with Gasteiger partial charge in [0.25, 0.3) is 0 Å². The molecule has 0 aliphatic heterocycles. The second-order valence-electron chi connectivity index (χ2n) is 5.72. The van der Waals surface area contributed by atoms with Crippen molar-refractivity contribution in [3.63, 3.8) is 0 Å². The number of nitrogens with one attached hydrogen (secondary N) is 1. The number of unbranched alkanes of at least 4 members (excludes halogenated alkanes) is 2. The zero-order chi connectivity index (χ0) is 18.1. The second-order valence-corrected chi connectivity index (χ2v) is 7.59. The monoisotopic (exact) mass is 365 g/mol. The number of aromatic nitrogens is 2. The molecule has 2 aromatic rings. The normalized spacial score (nSPS) is 11.4. The molecule has 0 bridgehead atoms. The Morgan fingerprint density at radius 2 is 1.88 bits per heavy atom. The third-order valence-electron chi connectivity index (χ3n) is 3.62. The molecule has 2 rings (SSSR count). The van der Waals surface area contributed by atoms with Crippen molar-refractivity contribution in [1.29, 1.82) is 0 Å². The maximum atomic E-state index is 12.3. The van der Waals surface area contributed by atoms with Gasteiger partial charge in [0.1, 0.15) is 0 Å². The number of carbonyl (C=O) groups excluding carboxylic acids is 1. The average molecular weight is 365 g/mol. The topological polar surface area (TPSA) is 102 Å². The molecule has 25 heavy (non-hydrogen) atoms. The van der Waals surface area contributed by atoms with E-state index in [1.165, 1.54) is 0 Å². The Bertz CT molecular complexity index is 772. The van der Waals surface area contributed by atoms with Gasteiger partial charge in [0.2, 0.25) is 21.6 Å². The van der Waals surface area contributed by atoms with Crippen molar-refractivity contribution in [2.75, 3.05) is 6.54 Å². The molecule has 0 radical (unpaired) electrons. The molecule has 0 fully saturated rings. The van der Waals surface area contributed by atoms with Gasteiger partial charge < -0.3 is 9.73 Å². The largest absolute Gasteiger partial charge is 0.413 e. The lowest BCUT2D eigenvalue weighted by Gasteiger charge is -2.02. The molecule has 8 heteroatoms. The van der Waals surface area contributed by atoms with Crippen LogP contribution in [0.15, 0.2) is 40.0 Å². The fraction of sp³-hybridized carbons (Fsp3) is 0.471. The SMILES string of the molecule is CCC(=O)NCCCCCc1nnc(S(=O)(=O)Cc2ccccc2)o1. The van der Waals surface area contributed by atoms with Crippen LogP contribution < -0.4 is 5.32 Å². The summed E-state index contributed by atoms with van der Waals surface area (Å²) in [7, 11) is -3.63. The lowest BCUT2D eigenvalue weighted by molar-refractivity contribution is -0.120. The molecule has 1 N–H and O–H groups in total. The molecule has 1 aromatic heterocycles. The van der Waals surface area contributed by atoms with Gasteiger partial charge in [-0.15, -0.1) is 5.10 Å². The van der Waals surface area contributed by atoms with E-state index in [0.29, 0.717) is 30.8 Å². The maximum absolute atomic E-state index is 12.3. The van der Waals surface area contributed by atoms with Crippen molar-refractivity contribution < 1.29 is 17.6 Å². The van der Waals surface area contributed by atoms with Crippen molar-refractivity contribution in [3.05, 3.63) is 41.8 Å². The summed E-state index contributed by atoms with van der Waals surface area (Å²) in [6, 6.07) is 8.88. The summed E-state index contributed by atoms with van der Waals surface area (Å²) < 4.78 is 29.9. The van der Waals surface area contributed by atoms with Crippen LogP contribution in [-0.4, -0.2) is 31.1 Å². The zero-order valence-electron chi connectivity index (χ0n) is 14.3. The number of benzene rings is 1. The minimum absolute atomic E-state index is 0.0464. The minimum atomic E-state index is -3.63. The molecular formula is C17H23N3O4S. The number of carbonyl (C=O) groups is 1. The Hall–Kier alpha value is -2.22. The first-order chi connectivity index (χ1) is 12.0. The van der Waals surface area contributed by atoms with E-state index in [-0.39, 0.29) is 16.9 Å². The van der Waals surface area contributed by atoms with E-state index in [9.17, 15) is 13.2 Å². The molecule has 0 atom stereocenters. The molecule has 136 valence electrons. The fourth-order valence-electron chi connectivity index (χ4n) is 2.25. The van der Waals surface area contributed by atoms with Gasteiger partial charge in [-0.05, 0) is 18.4 Å². The van der Waals surface area contributed by atoms with E-state index in [1.54, 1.807) is 24.3 Å². The molecule has 1 amide bonds. The van der Waals surface area contributed by atoms with Gasteiger partial charge in [0, 0.05) is 19.4 Å². The summed E-state index contributed by atoms with van der Waals surface area (Å²) in [5.74, 6) is 0.210. The summed E-state index contributed by atoms with van der Waals surface area (Å²) in [6.07, 6.45) is 3.55. The lowest BCUT2D eigenvalue weighted by atomic mass is 10.2. The third kappa shape index (κ3) is 6.30. The lowest BCUT2D eigenvalue weighted by Crippen LogP contribution is -2.23. The molecule has 0 unspecified atom stereocenters. The summed E-state index contributed by atoms with van der Waals surface area (Å²) in [6.45, 7) is 2.46. The van der Waals surface area contributed by atoms with E-state index < -0.39 is 9.84 Å². The number of hydrogen-bond donors (Lipinski definition) is 1. The number of aryl methyl sites for hydroxylation is 1. The Morgan fingerprint density at radius 3 is 2.60 bits per heavy atom. The van der Waals surface area contributed by atoms with E-state index in [1.807, 2.05) is 13.0 Å². The number of sulfone groups is 1. The van der Waals surface area contributed by atoms with Crippen LogP contribution in [-0.2, 0) is 26.8 Å². The maximum Gasteiger partial charge on any atom is 0.335 e. The van der Waals surface area contributed by atoms with Crippen LogP contribution in [0.5, 0.6) is 0 Å². The number of hydrogen-bond acceptors (Lipinski definition) is 6. The van der Waals surface area contributed by atoms with Crippen molar-refractivity contribution >= 4 is 15.7 Å². The molecule has 0 spiro atoms. The minimum Gasteiger partial charge on any atom is -0.413 e. The van der Waals surface area contributed by atoms with Crippen LogP contribution in [0.4, 0.5) is 0 Å². The third-order valence-corrected chi connectivity index (χ3v) is 5.04. The molecule has 0 saturated carbocycles.